The van der Waals surface area contributed by atoms with Gasteiger partial charge in [-0.05, 0) is 24.6 Å². The summed E-state index contributed by atoms with van der Waals surface area (Å²) in [7, 11) is 0. The molecule has 4 nitrogen and oxygen atoms in total. The molecule has 1 aliphatic rings. The van der Waals surface area contributed by atoms with Crippen LogP contribution < -0.4 is 10.5 Å². The molecule has 0 saturated heterocycles. The van der Waals surface area contributed by atoms with Crippen molar-refractivity contribution in [3.05, 3.63) is 28.2 Å². The van der Waals surface area contributed by atoms with Crippen LogP contribution in [0, 0.1) is 0 Å². The van der Waals surface area contributed by atoms with Gasteiger partial charge < -0.3 is 15.2 Å². The number of ether oxygens (including phenoxy) is 2. The zero-order valence-electron chi connectivity index (χ0n) is 10.6. The number of hydrogen-bond acceptors (Lipinski definition) is 4. The van der Waals surface area contributed by atoms with Gasteiger partial charge in [0.15, 0.2) is 0 Å². The summed E-state index contributed by atoms with van der Waals surface area (Å²) in [6.45, 7) is 2.57. The number of amidine groups is 1. The Kier molecular flexibility index (Phi) is 4.77. The summed E-state index contributed by atoms with van der Waals surface area (Å²) in [6.07, 6.45) is 1.61. The van der Waals surface area contributed by atoms with E-state index in [1.54, 1.807) is 18.2 Å². The van der Waals surface area contributed by atoms with Gasteiger partial charge in [-0.2, -0.15) is 0 Å². The second-order valence-electron chi connectivity index (χ2n) is 4.39. The van der Waals surface area contributed by atoms with Crippen LogP contribution in [0.4, 0.5) is 0 Å². The summed E-state index contributed by atoms with van der Waals surface area (Å²) < 4.78 is 11.0. The van der Waals surface area contributed by atoms with E-state index in [2.05, 4.69) is 11.9 Å². The molecule has 1 unspecified atom stereocenters. The summed E-state index contributed by atoms with van der Waals surface area (Å²) in [5.41, 5.74) is 5.49. The normalized spacial score (nSPS) is 19.7. The number of halogens is 2. The Hall–Kier alpha value is -1.13. The Morgan fingerprint density at radius 1 is 1.53 bits per heavy atom. The summed E-state index contributed by atoms with van der Waals surface area (Å²) in [5.74, 6) is 0.633. The third kappa shape index (κ3) is 3.91. The minimum atomic E-state index is 0.0157. The van der Waals surface area contributed by atoms with Crippen molar-refractivity contribution in [1.29, 1.82) is 0 Å². The number of benzene rings is 1. The Labute approximate surface area is 122 Å². The lowest BCUT2D eigenvalue weighted by Crippen LogP contribution is -2.22. The van der Waals surface area contributed by atoms with E-state index >= 15 is 0 Å². The molecule has 104 valence electrons. The summed E-state index contributed by atoms with van der Waals surface area (Å²) in [4.78, 5) is 4.19. The average Bonchev–Trinajstić information content (AvgIpc) is 2.77. The SMILES string of the molecule is CCC(C[C@H]1COC(N)=N1)Oc1ccc(Cl)cc1Cl. The third-order valence-corrected chi connectivity index (χ3v) is 3.44. The fourth-order valence-electron chi connectivity index (χ4n) is 1.91. The van der Waals surface area contributed by atoms with Crippen molar-refractivity contribution in [1.82, 2.24) is 0 Å². The number of nitrogens with two attached hydrogens (primary N) is 1. The molecule has 0 saturated carbocycles. The van der Waals surface area contributed by atoms with E-state index in [9.17, 15) is 0 Å². The Morgan fingerprint density at radius 3 is 2.89 bits per heavy atom. The van der Waals surface area contributed by atoms with Crippen LogP contribution in [0.25, 0.3) is 0 Å². The minimum Gasteiger partial charge on any atom is -0.489 e. The standard InChI is InChI=1S/C13H16Cl2N2O2/c1-2-10(6-9-7-18-13(16)17-9)19-12-4-3-8(14)5-11(12)15/h3-5,9-10H,2,6-7H2,1H3,(H2,16,17)/t9-,10?/m0/s1. The molecule has 6 heteroatoms. The maximum absolute atomic E-state index is 6.09. The van der Waals surface area contributed by atoms with Gasteiger partial charge in [0.1, 0.15) is 18.5 Å². The molecule has 0 aromatic heterocycles. The second kappa shape index (κ2) is 6.35. The highest BCUT2D eigenvalue weighted by atomic mass is 35.5. The van der Waals surface area contributed by atoms with Crippen molar-refractivity contribution in [3.63, 3.8) is 0 Å². The first-order valence-electron chi connectivity index (χ1n) is 6.16. The first-order chi connectivity index (χ1) is 9.08. The number of nitrogens with zero attached hydrogens (tertiary/aromatic N) is 1. The molecular weight excluding hydrogens is 287 g/mol. The van der Waals surface area contributed by atoms with E-state index < -0.39 is 0 Å². The molecule has 0 fully saturated rings. The third-order valence-electron chi connectivity index (χ3n) is 2.91. The van der Waals surface area contributed by atoms with Crippen molar-refractivity contribution in [2.75, 3.05) is 6.61 Å². The van der Waals surface area contributed by atoms with Crippen LogP contribution >= 0.6 is 23.2 Å². The number of aliphatic imine (C=N–C) groups is 1. The van der Waals surface area contributed by atoms with Gasteiger partial charge in [-0.25, -0.2) is 4.99 Å². The van der Waals surface area contributed by atoms with Gasteiger partial charge in [0.05, 0.1) is 11.1 Å². The van der Waals surface area contributed by atoms with E-state index in [-0.39, 0.29) is 18.2 Å². The van der Waals surface area contributed by atoms with Crippen LogP contribution in [0.1, 0.15) is 19.8 Å². The fourth-order valence-corrected chi connectivity index (χ4v) is 2.36. The first-order valence-corrected chi connectivity index (χ1v) is 6.92. The number of hydrogen-bond donors (Lipinski definition) is 1. The van der Waals surface area contributed by atoms with Crippen LogP contribution in [0.5, 0.6) is 5.75 Å². The second-order valence-corrected chi connectivity index (χ2v) is 5.23. The lowest BCUT2D eigenvalue weighted by Gasteiger charge is -2.19. The lowest BCUT2D eigenvalue weighted by molar-refractivity contribution is 0.168. The highest BCUT2D eigenvalue weighted by molar-refractivity contribution is 6.35. The topological polar surface area (TPSA) is 56.8 Å². The molecule has 1 heterocycles. The van der Waals surface area contributed by atoms with Crippen molar-refractivity contribution in [2.45, 2.75) is 31.9 Å². The van der Waals surface area contributed by atoms with Gasteiger partial charge in [0, 0.05) is 11.4 Å². The highest BCUT2D eigenvalue weighted by Crippen LogP contribution is 2.29. The van der Waals surface area contributed by atoms with E-state index in [4.69, 9.17) is 38.4 Å². The van der Waals surface area contributed by atoms with Crippen molar-refractivity contribution in [3.8, 4) is 5.75 Å². The first kappa shape index (κ1) is 14.3. The molecule has 2 N–H and O–H groups in total. The van der Waals surface area contributed by atoms with Gasteiger partial charge in [-0.1, -0.05) is 30.1 Å². The van der Waals surface area contributed by atoms with E-state index in [1.807, 2.05) is 0 Å². The van der Waals surface area contributed by atoms with E-state index in [0.717, 1.165) is 12.8 Å². The largest absolute Gasteiger partial charge is 0.489 e. The molecule has 1 aromatic rings. The van der Waals surface area contributed by atoms with Crippen LogP contribution in [-0.4, -0.2) is 24.8 Å². The highest BCUT2D eigenvalue weighted by Gasteiger charge is 2.22. The molecule has 2 rings (SSSR count). The average molecular weight is 303 g/mol. The van der Waals surface area contributed by atoms with Gasteiger partial charge in [0.2, 0.25) is 0 Å². The Bertz CT molecular complexity index is 480. The van der Waals surface area contributed by atoms with Crippen LogP contribution in [0.2, 0.25) is 10.0 Å². The van der Waals surface area contributed by atoms with Crippen molar-refractivity contribution >= 4 is 29.2 Å². The Balaban J connectivity index is 1.98. The van der Waals surface area contributed by atoms with Gasteiger partial charge in [-0.15, -0.1) is 0 Å². The van der Waals surface area contributed by atoms with Gasteiger partial charge in [-0.3, -0.25) is 0 Å². The maximum atomic E-state index is 6.09. The van der Waals surface area contributed by atoms with Crippen molar-refractivity contribution < 1.29 is 9.47 Å². The monoisotopic (exact) mass is 302 g/mol. The predicted octanol–water partition coefficient (Wildman–Crippen LogP) is 3.25. The predicted molar refractivity (Wildman–Crippen MR) is 77.1 cm³/mol. The molecule has 19 heavy (non-hydrogen) atoms. The van der Waals surface area contributed by atoms with E-state index in [1.165, 1.54) is 0 Å². The van der Waals surface area contributed by atoms with Crippen LogP contribution in [0.15, 0.2) is 23.2 Å². The Morgan fingerprint density at radius 2 is 2.32 bits per heavy atom. The van der Waals surface area contributed by atoms with E-state index in [0.29, 0.717) is 22.4 Å². The molecule has 0 spiro atoms. The quantitative estimate of drug-likeness (QED) is 0.908. The molecule has 2 atom stereocenters. The number of rotatable bonds is 5. The van der Waals surface area contributed by atoms with Crippen LogP contribution in [0.3, 0.4) is 0 Å². The summed E-state index contributed by atoms with van der Waals surface area (Å²) in [5, 5.41) is 1.10. The minimum absolute atomic E-state index is 0.0157. The molecule has 0 aliphatic carbocycles. The van der Waals surface area contributed by atoms with Gasteiger partial charge in [0.25, 0.3) is 6.02 Å². The zero-order valence-corrected chi connectivity index (χ0v) is 12.1. The molecule has 0 bridgehead atoms. The molecule has 0 radical (unpaired) electrons. The van der Waals surface area contributed by atoms with Gasteiger partial charge >= 0.3 is 0 Å². The molecule has 0 amide bonds. The zero-order chi connectivity index (χ0) is 13.8. The summed E-state index contributed by atoms with van der Waals surface area (Å²) >= 11 is 11.9. The maximum Gasteiger partial charge on any atom is 0.282 e. The molecule has 1 aromatic carbocycles. The summed E-state index contributed by atoms with van der Waals surface area (Å²) in [6, 6.07) is 5.50. The molecular formula is C13H16Cl2N2O2. The smallest absolute Gasteiger partial charge is 0.282 e. The molecule has 1 aliphatic heterocycles. The van der Waals surface area contributed by atoms with Crippen LogP contribution in [-0.2, 0) is 4.74 Å². The van der Waals surface area contributed by atoms with Crippen molar-refractivity contribution in [2.24, 2.45) is 10.7 Å². The lowest BCUT2D eigenvalue weighted by atomic mass is 10.1. The fraction of sp³-hybridized carbons (Fsp3) is 0.462.